The van der Waals surface area contributed by atoms with E-state index in [0.717, 1.165) is 25.0 Å². The van der Waals surface area contributed by atoms with Crippen molar-refractivity contribution in [1.82, 2.24) is 21.3 Å². The van der Waals surface area contributed by atoms with Crippen LogP contribution in [0.15, 0.2) is 0 Å². The van der Waals surface area contributed by atoms with Gasteiger partial charge in [0.15, 0.2) is 0 Å². The number of alkyl carbamates (subject to hydrolysis) is 1. The number of carboxylic acids is 1. The van der Waals surface area contributed by atoms with Crippen molar-refractivity contribution in [3.05, 3.63) is 0 Å². The number of carbonyl (C=O) groups excluding carboxylic acids is 3. The molecule has 2 fully saturated rings. The van der Waals surface area contributed by atoms with Gasteiger partial charge in [0, 0.05) is 24.0 Å². The van der Waals surface area contributed by atoms with Crippen molar-refractivity contribution in [2.75, 3.05) is 12.3 Å². The number of carbonyl (C=O) groups is 4. The molecule has 4 atom stereocenters. The topological polar surface area (TPSA) is 146 Å². The Balaban J connectivity index is 1.51. The zero-order chi connectivity index (χ0) is 23.7. The van der Waals surface area contributed by atoms with Gasteiger partial charge in [-0.05, 0) is 52.9 Å². The number of hydrogen-bond acceptors (Lipinski definition) is 6. The maximum atomic E-state index is 12.0. The Bertz CT molecular complexity index is 684. The lowest BCUT2D eigenvalue weighted by Crippen LogP contribution is -2.43. The van der Waals surface area contributed by atoms with Gasteiger partial charge in [0.1, 0.15) is 11.6 Å². The third kappa shape index (κ3) is 9.13. The normalized spacial score (nSPS) is 23.0. The minimum atomic E-state index is -1.11. The molecule has 0 saturated carbocycles. The van der Waals surface area contributed by atoms with Crippen molar-refractivity contribution < 1.29 is 29.0 Å². The number of nitrogens with one attached hydrogen (secondary N) is 4. The molecular weight excluding hydrogens is 436 g/mol. The molecule has 0 aromatic rings. The molecule has 0 aromatic heterocycles. The van der Waals surface area contributed by atoms with Gasteiger partial charge in [0.2, 0.25) is 5.91 Å². The largest absolute Gasteiger partial charge is 0.480 e. The number of ether oxygens (including phenoxy) is 1. The van der Waals surface area contributed by atoms with E-state index in [0.29, 0.717) is 31.1 Å². The number of aliphatic carboxylic acids is 1. The van der Waals surface area contributed by atoms with Crippen molar-refractivity contribution in [2.24, 2.45) is 0 Å². The lowest BCUT2D eigenvalue weighted by Gasteiger charge is -2.22. The predicted molar refractivity (Wildman–Crippen MR) is 122 cm³/mol. The first-order valence-corrected chi connectivity index (χ1v) is 12.3. The van der Waals surface area contributed by atoms with Crippen LogP contribution in [0.25, 0.3) is 0 Å². The summed E-state index contributed by atoms with van der Waals surface area (Å²) in [6.45, 7) is 5.60. The van der Waals surface area contributed by atoms with E-state index in [-0.39, 0.29) is 30.4 Å². The molecule has 4 amide bonds. The first kappa shape index (κ1) is 26.1. The Kier molecular flexibility index (Phi) is 9.92. The monoisotopic (exact) mass is 472 g/mol. The van der Waals surface area contributed by atoms with E-state index >= 15 is 0 Å². The van der Waals surface area contributed by atoms with Crippen LogP contribution in [0.3, 0.4) is 0 Å². The van der Waals surface area contributed by atoms with Crippen LogP contribution in [0.2, 0.25) is 0 Å². The summed E-state index contributed by atoms with van der Waals surface area (Å²) in [5.74, 6) is -0.191. The number of hydrogen-bond donors (Lipinski definition) is 5. The highest BCUT2D eigenvalue weighted by Gasteiger charge is 2.42. The number of unbranched alkanes of at least 4 members (excludes halogenated alkanes) is 2. The summed E-state index contributed by atoms with van der Waals surface area (Å²) in [5.41, 5.74) is -0.695. The van der Waals surface area contributed by atoms with Gasteiger partial charge >= 0.3 is 18.1 Å². The molecule has 0 aliphatic carbocycles. The third-order valence-corrected chi connectivity index (χ3v) is 6.82. The molecule has 2 saturated heterocycles. The van der Waals surface area contributed by atoms with E-state index in [2.05, 4.69) is 21.3 Å². The zero-order valence-electron chi connectivity index (χ0n) is 19.1. The molecule has 0 radical (unpaired) electrons. The summed E-state index contributed by atoms with van der Waals surface area (Å²) in [7, 11) is 0. The van der Waals surface area contributed by atoms with Crippen LogP contribution in [0.5, 0.6) is 0 Å². The Morgan fingerprint density at radius 3 is 2.62 bits per heavy atom. The molecule has 0 bridgehead atoms. The van der Waals surface area contributed by atoms with Crippen LogP contribution in [0, 0.1) is 0 Å². The van der Waals surface area contributed by atoms with Crippen LogP contribution < -0.4 is 21.3 Å². The van der Waals surface area contributed by atoms with E-state index in [1.807, 2.05) is 11.8 Å². The SMILES string of the molecule is CC(C)(C)OC(=O)N[C@H](CCCCNC(=O)CCCC[C@@H]1SC[C@H]2NC(=O)N[C@@H]12)C(=O)O. The fraction of sp³-hybridized carbons (Fsp3) is 0.810. The summed E-state index contributed by atoms with van der Waals surface area (Å²) in [6, 6.07) is -0.685. The summed E-state index contributed by atoms with van der Waals surface area (Å²) in [4.78, 5) is 46.5. The molecular formula is C21H36N4O6S. The minimum absolute atomic E-state index is 0.0144. The summed E-state index contributed by atoms with van der Waals surface area (Å²) in [6.07, 6.45) is 3.83. The molecule has 182 valence electrons. The second-order valence-electron chi connectivity index (χ2n) is 9.25. The highest BCUT2D eigenvalue weighted by molar-refractivity contribution is 8.00. The van der Waals surface area contributed by atoms with Gasteiger partial charge in [-0.1, -0.05) is 6.42 Å². The molecule has 0 unspecified atom stereocenters. The molecule has 2 heterocycles. The average molecular weight is 473 g/mol. The molecule has 10 nitrogen and oxygen atoms in total. The number of fused-ring (bicyclic) bond motifs is 1. The van der Waals surface area contributed by atoms with E-state index in [9.17, 15) is 24.3 Å². The van der Waals surface area contributed by atoms with Gasteiger partial charge in [-0.25, -0.2) is 14.4 Å². The van der Waals surface area contributed by atoms with E-state index in [1.165, 1.54) is 0 Å². The van der Waals surface area contributed by atoms with Crippen molar-refractivity contribution in [1.29, 1.82) is 0 Å². The summed E-state index contributed by atoms with van der Waals surface area (Å²) >= 11 is 1.87. The second-order valence-corrected chi connectivity index (χ2v) is 10.5. The van der Waals surface area contributed by atoms with E-state index in [1.54, 1.807) is 20.8 Å². The Hall–Kier alpha value is -2.17. The number of amides is 4. The Labute approximate surface area is 193 Å². The number of urea groups is 1. The summed E-state index contributed by atoms with van der Waals surface area (Å²) < 4.78 is 5.09. The number of thioether (sulfide) groups is 1. The third-order valence-electron chi connectivity index (χ3n) is 5.31. The molecule has 0 spiro atoms. The molecule has 2 rings (SSSR count). The van der Waals surface area contributed by atoms with Crippen molar-refractivity contribution >= 4 is 35.8 Å². The second kappa shape index (κ2) is 12.2. The van der Waals surface area contributed by atoms with Gasteiger partial charge in [-0.2, -0.15) is 11.8 Å². The van der Waals surface area contributed by atoms with Crippen LogP contribution >= 0.6 is 11.8 Å². The van der Waals surface area contributed by atoms with Gasteiger partial charge in [0.05, 0.1) is 12.1 Å². The number of rotatable bonds is 12. The van der Waals surface area contributed by atoms with E-state index in [4.69, 9.17) is 4.74 Å². The molecule has 2 aliphatic rings. The fourth-order valence-electron chi connectivity index (χ4n) is 3.77. The molecule has 11 heteroatoms. The van der Waals surface area contributed by atoms with Gasteiger partial charge in [0.25, 0.3) is 0 Å². The van der Waals surface area contributed by atoms with Gasteiger partial charge in [-0.15, -0.1) is 0 Å². The zero-order valence-corrected chi connectivity index (χ0v) is 19.9. The van der Waals surface area contributed by atoms with Crippen molar-refractivity contribution in [3.63, 3.8) is 0 Å². The quantitative estimate of drug-likeness (QED) is 0.216. The fourth-order valence-corrected chi connectivity index (χ4v) is 5.31. The smallest absolute Gasteiger partial charge is 0.408 e. The van der Waals surface area contributed by atoms with Crippen LogP contribution in [-0.2, 0) is 14.3 Å². The molecule has 0 aromatic carbocycles. The lowest BCUT2D eigenvalue weighted by molar-refractivity contribution is -0.139. The van der Waals surface area contributed by atoms with Crippen LogP contribution in [0.4, 0.5) is 9.59 Å². The first-order valence-electron chi connectivity index (χ1n) is 11.2. The highest BCUT2D eigenvalue weighted by Crippen LogP contribution is 2.33. The minimum Gasteiger partial charge on any atom is -0.480 e. The molecule has 5 N–H and O–H groups in total. The maximum Gasteiger partial charge on any atom is 0.408 e. The Morgan fingerprint density at radius 1 is 1.19 bits per heavy atom. The average Bonchev–Trinajstić information content (AvgIpc) is 3.21. The predicted octanol–water partition coefficient (Wildman–Crippen LogP) is 1.98. The summed E-state index contributed by atoms with van der Waals surface area (Å²) in [5, 5.41) is 20.8. The first-order chi connectivity index (χ1) is 15.0. The molecule has 2 aliphatic heterocycles. The maximum absolute atomic E-state index is 12.0. The standard InChI is InChI=1S/C21H36N4O6S/c1-21(2,3)31-20(30)24-13(18(27)28)8-6-7-11-22-16(26)10-5-4-9-15-17-14(12-32-15)23-19(29)25-17/h13-15,17H,4-12H2,1-3H3,(H,22,26)(H,24,30)(H,27,28)(H2,23,25,29)/t13-,14-,15+,17-/m1/s1. The lowest BCUT2D eigenvalue weighted by atomic mass is 10.0. The van der Waals surface area contributed by atoms with Crippen molar-refractivity contribution in [3.8, 4) is 0 Å². The van der Waals surface area contributed by atoms with Gasteiger partial charge in [-0.3, -0.25) is 4.79 Å². The van der Waals surface area contributed by atoms with Crippen LogP contribution in [-0.4, -0.2) is 70.4 Å². The van der Waals surface area contributed by atoms with Gasteiger partial charge < -0.3 is 31.1 Å². The van der Waals surface area contributed by atoms with E-state index < -0.39 is 23.7 Å². The van der Waals surface area contributed by atoms with Crippen molar-refractivity contribution in [2.45, 2.75) is 94.7 Å². The highest BCUT2D eigenvalue weighted by atomic mass is 32.2. The Morgan fingerprint density at radius 2 is 1.94 bits per heavy atom. The van der Waals surface area contributed by atoms with Crippen LogP contribution in [0.1, 0.15) is 65.7 Å². The number of carboxylic acid groups (broad SMARTS) is 1. The molecule has 32 heavy (non-hydrogen) atoms.